The van der Waals surface area contributed by atoms with Crippen molar-refractivity contribution >= 4 is 11.9 Å². The van der Waals surface area contributed by atoms with Crippen LogP contribution in [0.5, 0.6) is 0 Å². The van der Waals surface area contributed by atoms with Gasteiger partial charge in [-0.1, -0.05) is 244 Å². The van der Waals surface area contributed by atoms with Crippen LogP contribution in [0.2, 0.25) is 0 Å². The van der Waals surface area contributed by atoms with Gasteiger partial charge < -0.3 is 20.3 Å². The first-order valence-electron chi connectivity index (χ1n) is 27.1. The van der Waals surface area contributed by atoms with E-state index in [1.807, 2.05) is 6.08 Å². The van der Waals surface area contributed by atoms with Crippen molar-refractivity contribution in [3.05, 3.63) is 24.3 Å². The zero-order chi connectivity index (χ0) is 44.4. The van der Waals surface area contributed by atoms with Crippen molar-refractivity contribution in [3.63, 3.8) is 0 Å². The minimum Gasteiger partial charge on any atom is -0.466 e. The maximum atomic E-state index is 12.4. The highest BCUT2D eigenvalue weighted by Gasteiger charge is 2.18. The molecular weight excluding hydrogens is 755 g/mol. The molecule has 0 rings (SSSR count). The van der Waals surface area contributed by atoms with E-state index < -0.39 is 12.1 Å². The Morgan fingerprint density at radius 2 is 0.770 bits per heavy atom. The highest BCUT2D eigenvalue weighted by atomic mass is 16.5. The Balaban J connectivity index is 3.43. The Morgan fingerprint density at radius 1 is 0.443 bits per heavy atom. The molecule has 3 N–H and O–H groups in total. The van der Waals surface area contributed by atoms with E-state index in [0.29, 0.717) is 19.4 Å². The van der Waals surface area contributed by atoms with Crippen molar-refractivity contribution in [1.82, 2.24) is 5.32 Å². The second-order valence-corrected chi connectivity index (χ2v) is 18.6. The van der Waals surface area contributed by atoms with Crippen molar-refractivity contribution in [3.8, 4) is 0 Å². The number of hydrogen-bond acceptors (Lipinski definition) is 5. The lowest BCUT2D eigenvalue weighted by Gasteiger charge is -2.20. The number of unbranched alkanes of at least 4 members (excludes halogenated alkanes) is 37. The lowest BCUT2D eigenvalue weighted by atomic mass is 10.0. The van der Waals surface area contributed by atoms with E-state index in [4.69, 9.17) is 4.74 Å². The third-order valence-corrected chi connectivity index (χ3v) is 12.5. The normalized spacial score (nSPS) is 12.8. The summed E-state index contributed by atoms with van der Waals surface area (Å²) in [4.78, 5) is 24.4. The standard InChI is InChI=1S/C55H105NO5/c1-3-5-7-9-11-13-15-16-17-23-26-29-33-37-41-45-49-55(60)61-50-46-42-38-34-30-27-24-21-19-18-20-22-25-28-32-36-40-44-48-54(59)56-52(51-57)53(58)47-43-39-35-31-14-12-10-8-6-4-2/h20,22,43,47,52-53,57-58H,3-19,21,23-42,44-46,48-51H2,1-2H3,(H,56,59)/b22-20-,47-43+. The minimum atomic E-state index is -0.850. The van der Waals surface area contributed by atoms with Crippen molar-refractivity contribution < 1.29 is 24.5 Å². The molecule has 2 unspecified atom stereocenters. The summed E-state index contributed by atoms with van der Waals surface area (Å²) in [6.07, 6.45) is 60.5. The van der Waals surface area contributed by atoms with Crippen molar-refractivity contribution in [1.29, 1.82) is 0 Å². The van der Waals surface area contributed by atoms with Crippen LogP contribution in [0.3, 0.4) is 0 Å². The number of allylic oxidation sites excluding steroid dienone is 3. The summed E-state index contributed by atoms with van der Waals surface area (Å²) >= 11 is 0. The minimum absolute atomic E-state index is 0.00517. The molecule has 0 aromatic rings. The van der Waals surface area contributed by atoms with Crippen LogP contribution in [0.25, 0.3) is 0 Å². The quantitative estimate of drug-likeness (QED) is 0.0322. The van der Waals surface area contributed by atoms with Gasteiger partial charge in [-0.25, -0.2) is 0 Å². The summed E-state index contributed by atoms with van der Waals surface area (Å²) in [6.45, 7) is 4.87. The van der Waals surface area contributed by atoms with Crippen LogP contribution < -0.4 is 5.32 Å². The zero-order valence-corrected chi connectivity index (χ0v) is 40.9. The SMILES string of the molecule is CCCCCCCCCC/C=C/C(O)C(CO)NC(=O)CCCCCCC/C=C\CCCCCCCCCCCOC(=O)CCCCCCCCCCCCCCCCCC. The fraction of sp³-hybridized carbons (Fsp3) is 0.891. The van der Waals surface area contributed by atoms with Gasteiger partial charge in [0.2, 0.25) is 5.91 Å². The number of esters is 1. The summed E-state index contributed by atoms with van der Waals surface area (Å²) in [7, 11) is 0. The van der Waals surface area contributed by atoms with Gasteiger partial charge in [0.1, 0.15) is 0 Å². The first-order chi connectivity index (χ1) is 30.0. The van der Waals surface area contributed by atoms with Crippen molar-refractivity contribution in [2.45, 2.75) is 302 Å². The molecule has 0 aromatic carbocycles. The molecule has 0 bridgehead atoms. The van der Waals surface area contributed by atoms with Gasteiger partial charge in [-0.2, -0.15) is 0 Å². The average Bonchev–Trinajstić information content (AvgIpc) is 3.26. The molecule has 0 heterocycles. The highest BCUT2D eigenvalue weighted by Crippen LogP contribution is 2.16. The maximum absolute atomic E-state index is 12.4. The molecule has 0 fully saturated rings. The monoisotopic (exact) mass is 860 g/mol. The molecule has 0 aliphatic rings. The highest BCUT2D eigenvalue weighted by molar-refractivity contribution is 5.76. The van der Waals surface area contributed by atoms with E-state index in [2.05, 4.69) is 31.3 Å². The number of ether oxygens (including phenoxy) is 1. The number of carbonyl (C=O) groups excluding carboxylic acids is 2. The predicted octanol–water partition coefficient (Wildman–Crippen LogP) is 16.3. The van der Waals surface area contributed by atoms with Crippen LogP contribution in [0.4, 0.5) is 0 Å². The molecule has 0 aliphatic heterocycles. The van der Waals surface area contributed by atoms with Gasteiger partial charge >= 0.3 is 5.97 Å². The van der Waals surface area contributed by atoms with E-state index >= 15 is 0 Å². The van der Waals surface area contributed by atoms with Gasteiger partial charge in [0.25, 0.3) is 0 Å². The summed E-state index contributed by atoms with van der Waals surface area (Å²) in [5, 5.41) is 22.9. The lowest BCUT2D eigenvalue weighted by Crippen LogP contribution is -2.45. The van der Waals surface area contributed by atoms with E-state index in [9.17, 15) is 19.8 Å². The van der Waals surface area contributed by atoms with Crippen LogP contribution in [0, 0.1) is 0 Å². The van der Waals surface area contributed by atoms with E-state index in [0.717, 1.165) is 57.8 Å². The van der Waals surface area contributed by atoms with Gasteiger partial charge in [0, 0.05) is 12.8 Å². The van der Waals surface area contributed by atoms with Crippen LogP contribution in [-0.4, -0.2) is 47.4 Å². The molecule has 0 aliphatic carbocycles. The molecule has 0 saturated heterocycles. The number of aliphatic hydroxyl groups is 2. The van der Waals surface area contributed by atoms with Gasteiger partial charge in [-0.15, -0.1) is 0 Å². The van der Waals surface area contributed by atoms with Crippen LogP contribution >= 0.6 is 0 Å². The molecule has 0 aromatic heterocycles. The van der Waals surface area contributed by atoms with Crippen LogP contribution in [0.15, 0.2) is 24.3 Å². The number of carbonyl (C=O) groups is 2. The number of amides is 1. The van der Waals surface area contributed by atoms with Crippen molar-refractivity contribution in [2.75, 3.05) is 13.2 Å². The summed E-state index contributed by atoms with van der Waals surface area (Å²) in [5.74, 6) is -0.0790. The third-order valence-electron chi connectivity index (χ3n) is 12.5. The van der Waals surface area contributed by atoms with E-state index in [1.165, 1.54) is 205 Å². The molecule has 360 valence electrons. The smallest absolute Gasteiger partial charge is 0.305 e. The van der Waals surface area contributed by atoms with Gasteiger partial charge in [0.15, 0.2) is 0 Å². The molecule has 61 heavy (non-hydrogen) atoms. The number of rotatable bonds is 50. The van der Waals surface area contributed by atoms with Crippen LogP contribution in [0.1, 0.15) is 290 Å². The average molecular weight is 860 g/mol. The third kappa shape index (κ3) is 47.7. The van der Waals surface area contributed by atoms with Crippen LogP contribution in [-0.2, 0) is 14.3 Å². The molecule has 0 radical (unpaired) electrons. The Bertz CT molecular complexity index is 951. The lowest BCUT2D eigenvalue weighted by molar-refractivity contribution is -0.143. The fourth-order valence-electron chi connectivity index (χ4n) is 8.27. The number of aliphatic hydroxyl groups excluding tert-OH is 2. The second kappa shape index (κ2) is 51.0. The molecule has 2 atom stereocenters. The Labute approximate surface area is 380 Å². The predicted molar refractivity (Wildman–Crippen MR) is 264 cm³/mol. The molecule has 1 amide bonds. The van der Waals surface area contributed by atoms with Gasteiger partial charge in [-0.3, -0.25) is 9.59 Å². The Kier molecular flexibility index (Phi) is 49.6. The summed E-state index contributed by atoms with van der Waals surface area (Å²) in [6, 6.07) is -0.635. The van der Waals surface area contributed by atoms with E-state index in [-0.39, 0.29) is 18.5 Å². The summed E-state index contributed by atoms with van der Waals surface area (Å²) < 4.78 is 5.48. The first-order valence-corrected chi connectivity index (χ1v) is 27.1. The Morgan fingerprint density at radius 3 is 1.16 bits per heavy atom. The van der Waals surface area contributed by atoms with E-state index in [1.54, 1.807) is 6.08 Å². The number of nitrogens with one attached hydrogen (secondary N) is 1. The van der Waals surface area contributed by atoms with Gasteiger partial charge in [0.05, 0.1) is 25.4 Å². The van der Waals surface area contributed by atoms with Gasteiger partial charge in [-0.05, 0) is 57.8 Å². The van der Waals surface area contributed by atoms with Crippen molar-refractivity contribution in [2.24, 2.45) is 0 Å². The first kappa shape index (κ1) is 59.3. The molecule has 6 nitrogen and oxygen atoms in total. The Hall–Kier alpha value is -1.66. The topological polar surface area (TPSA) is 95.9 Å². The second-order valence-electron chi connectivity index (χ2n) is 18.6. The largest absolute Gasteiger partial charge is 0.466 e. The number of hydrogen-bond donors (Lipinski definition) is 3. The summed E-state index contributed by atoms with van der Waals surface area (Å²) in [5.41, 5.74) is 0. The molecule has 0 saturated carbocycles. The molecular formula is C55H105NO5. The molecule has 0 spiro atoms. The zero-order valence-electron chi connectivity index (χ0n) is 40.9. The molecule has 6 heteroatoms. The maximum Gasteiger partial charge on any atom is 0.305 e. The fourth-order valence-corrected chi connectivity index (χ4v) is 8.27.